The van der Waals surface area contributed by atoms with E-state index in [4.69, 9.17) is 0 Å². The molecular weight excluding hydrogens is 250 g/mol. The van der Waals surface area contributed by atoms with Crippen molar-refractivity contribution in [3.63, 3.8) is 0 Å². The van der Waals surface area contributed by atoms with Crippen LogP contribution in [0.2, 0.25) is 0 Å². The molecule has 4 N–H and O–H groups in total. The molecule has 1 heterocycles. The Hall–Kier alpha value is -2.03. The summed E-state index contributed by atoms with van der Waals surface area (Å²) >= 11 is 0. The molecule has 0 aliphatic rings. The van der Waals surface area contributed by atoms with Crippen LogP contribution in [0.3, 0.4) is 0 Å². The monoisotopic (exact) mass is 265 g/mol. The largest absolute Gasteiger partial charge is 0.394 e. The molecule has 0 saturated carbocycles. The van der Waals surface area contributed by atoms with Gasteiger partial charge in [0.1, 0.15) is 5.54 Å². The third-order valence-corrected chi connectivity index (χ3v) is 2.76. The van der Waals surface area contributed by atoms with Crippen LogP contribution >= 0.6 is 0 Å². The van der Waals surface area contributed by atoms with Crippen molar-refractivity contribution in [1.29, 1.82) is 0 Å². The van der Waals surface area contributed by atoms with Crippen LogP contribution in [-0.2, 0) is 0 Å². The van der Waals surface area contributed by atoms with Crippen LogP contribution < -0.4 is 5.32 Å². The van der Waals surface area contributed by atoms with Crippen molar-refractivity contribution in [2.24, 2.45) is 0 Å². The molecule has 102 valence electrons. The Morgan fingerprint density at radius 2 is 1.68 bits per heavy atom. The molecule has 1 aromatic carbocycles. The predicted octanol–water partition coefficient (Wildman–Crippen LogP) is -1.21. The van der Waals surface area contributed by atoms with Crippen LogP contribution in [0.1, 0.15) is 0 Å². The Labute approximate surface area is 109 Å². The number of rotatable bonds is 6. The van der Waals surface area contributed by atoms with Gasteiger partial charge in [0.15, 0.2) is 0 Å². The molecule has 2 aromatic rings. The fourth-order valence-corrected chi connectivity index (χ4v) is 1.51. The van der Waals surface area contributed by atoms with Crippen LogP contribution in [0.4, 0.5) is 5.95 Å². The Kier molecular flexibility index (Phi) is 4.05. The smallest absolute Gasteiger partial charge is 0.248 e. The topological polar surface area (TPSA) is 116 Å². The maximum absolute atomic E-state index is 9.28. The van der Waals surface area contributed by atoms with Gasteiger partial charge in [-0.2, -0.15) is 4.68 Å². The zero-order chi connectivity index (χ0) is 13.7. The zero-order valence-corrected chi connectivity index (χ0v) is 10.1. The number of aliphatic hydroxyl groups excluding tert-OH is 3. The predicted molar refractivity (Wildman–Crippen MR) is 66.8 cm³/mol. The second-order valence-electron chi connectivity index (χ2n) is 4.13. The molecule has 0 bridgehead atoms. The van der Waals surface area contributed by atoms with E-state index < -0.39 is 25.4 Å². The summed E-state index contributed by atoms with van der Waals surface area (Å²) in [6.45, 7) is -1.37. The molecule has 19 heavy (non-hydrogen) atoms. The molecular formula is C11H15N5O3. The van der Waals surface area contributed by atoms with Crippen molar-refractivity contribution in [3.8, 4) is 5.69 Å². The lowest BCUT2D eigenvalue weighted by Gasteiger charge is -2.28. The number of anilines is 1. The van der Waals surface area contributed by atoms with Gasteiger partial charge in [-0.1, -0.05) is 23.3 Å². The quantitative estimate of drug-likeness (QED) is 0.518. The van der Waals surface area contributed by atoms with Crippen LogP contribution in [0.25, 0.3) is 5.69 Å². The average molecular weight is 265 g/mol. The van der Waals surface area contributed by atoms with E-state index in [9.17, 15) is 15.3 Å². The molecule has 0 spiro atoms. The maximum Gasteiger partial charge on any atom is 0.248 e. The number of para-hydroxylation sites is 1. The van der Waals surface area contributed by atoms with Gasteiger partial charge in [-0.3, -0.25) is 0 Å². The highest BCUT2D eigenvalue weighted by molar-refractivity contribution is 5.40. The second-order valence-corrected chi connectivity index (χ2v) is 4.13. The molecule has 2 rings (SSSR count). The van der Waals surface area contributed by atoms with Gasteiger partial charge in [0, 0.05) is 0 Å². The van der Waals surface area contributed by atoms with Gasteiger partial charge < -0.3 is 20.6 Å². The SMILES string of the molecule is OCC(CO)(CO)Nc1nnnn1-c1ccccc1. The summed E-state index contributed by atoms with van der Waals surface area (Å²) in [5.74, 6) is 0.225. The number of hydrogen-bond donors (Lipinski definition) is 4. The summed E-state index contributed by atoms with van der Waals surface area (Å²) in [5.41, 5.74) is -0.556. The summed E-state index contributed by atoms with van der Waals surface area (Å²) in [4.78, 5) is 0. The minimum Gasteiger partial charge on any atom is -0.394 e. The Balaban J connectivity index is 2.30. The first-order valence-corrected chi connectivity index (χ1v) is 5.69. The van der Waals surface area contributed by atoms with E-state index >= 15 is 0 Å². The van der Waals surface area contributed by atoms with Gasteiger partial charge in [-0.25, -0.2) is 0 Å². The van der Waals surface area contributed by atoms with Gasteiger partial charge in [0.05, 0.1) is 25.5 Å². The van der Waals surface area contributed by atoms with Gasteiger partial charge in [-0.15, -0.1) is 0 Å². The third kappa shape index (κ3) is 2.70. The lowest BCUT2D eigenvalue weighted by Crippen LogP contribution is -2.49. The average Bonchev–Trinajstić information content (AvgIpc) is 2.94. The highest BCUT2D eigenvalue weighted by Crippen LogP contribution is 2.15. The molecule has 0 atom stereocenters. The molecule has 0 fully saturated rings. The summed E-state index contributed by atoms with van der Waals surface area (Å²) in [5, 5.41) is 41.7. The number of nitrogens with one attached hydrogen (secondary N) is 1. The number of hydrogen-bond acceptors (Lipinski definition) is 7. The molecule has 0 amide bonds. The fraction of sp³-hybridized carbons (Fsp3) is 0.364. The number of tetrazole rings is 1. The molecule has 0 aliphatic carbocycles. The number of nitrogens with zero attached hydrogens (tertiary/aromatic N) is 4. The van der Waals surface area contributed by atoms with E-state index in [-0.39, 0.29) is 5.95 Å². The van der Waals surface area contributed by atoms with E-state index in [2.05, 4.69) is 20.8 Å². The molecule has 0 saturated heterocycles. The maximum atomic E-state index is 9.28. The zero-order valence-electron chi connectivity index (χ0n) is 10.1. The number of benzene rings is 1. The van der Waals surface area contributed by atoms with E-state index in [1.165, 1.54) is 4.68 Å². The molecule has 0 unspecified atom stereocenters. The van der Waals surface area contributed by atoms with E-state index in [0.717, 1.165) is 5.69 Å². The third-order valence-electron chi connectivity index (χ3n) is 2.76. The number of aromatic nitrogens is 4. The first-order chi connectivity index (χ1) is 9.24. The van der Waals surface area contributed by atoms with Crippen molar-refractivity contribution in [1.82, 2.24) is 20.2 Å². The Morgan fingerprint density at radius 1 is 1.05 bits per heavy atom. The van der Waals surface area contributed by atoms with E-state index in [1.54, 1.807) is 12.1 Å². The first-order valence-electron chi connectivity index (χ1n) is 5.69. The van der Waals surface area contributed by atoms with E-state index in [1.807, 2.05) is 18.2 Å². The summed E-state index contributed by atoms with van der Waals surface area (Å²) < 4.78 is 1.41. The summed E-state index contributed by atoms with van der Waals surface area (Å²) in [6, 6.07) is 9.14. The minimum atomic E-state index is -1.28. The van der Waals surface area contributed by atoms with Crippen molar-refractivity contribution in [3.05, 3.63) is 30.3 Å². The molecule has 1 aromatic heterocycles. The standard InChI is InChI=1S/C11H15N5O3/c17-6-11(7-18,8-19)12-10-13-14-15-16(10)9-4-2-1-3-5-9/h1-5,17-19H,6-8H2,(H,12,13,15). The van der Waals surface area contributed by atoms with Crippen LogP contribution in [0.15, 0.2) is 30.3 Å². The van der Waals surface area contributed by atoms with Gasteiger partial charge in [0.2, 0.25) is 5.95 Å². The fourth-order valence-electron chi connectivity index (χ4n) is 1.51. The van der Waals surface area contributed by atoms with Gasteiger partial charge in [-0.05, 0) is 22.6 Å². The van der Waals surface area contributed by atoms with Crippen molar-refractivity contribution < 1.29 is 15.3 Å². The van der Waals surface area contributed by atoms with Crippen LogP contribution in [-0.4, -0.2) is 60.9 Å². The van der Waals surface area contributed by atoms with E-state index in [0.29, 0.717) is 0 Å². The summed E-state index contributed by atoms with van der Waals surface area (Å²) in [6.07, 6.45) is 0. The first kappa shape index (κ1) is 13.4. The highest BCUT2D eigenvalue weighted by Gasteiger charge is 2.30. The van der Waals surface area contributed by atoms with Gasteiger partial charge >= 0.3 is 0 Å². The lowest BCUT2D eigenvalue weighted by molar-refractivity contribution is 0.0826. The molecule has 0 aliphatic heterocycles. The second kappa shape index (κ2) is 5.74. The highest BCUT2D eigenvalue weighted by atomic mass is 16.3. The normalized spacial score (nSPS) is 11.5. The lowest BCUT2D eigenvalue weighted by atomic mass is 10.0. The molecule has 8 nitrogen and oxygen atoms in total. The van der Waals surface area contributed by atoms with Crippen LogP contribution in [0, 0.1) is 0 Å². The molecule has 8 heteroatoms. The Bertz CT molecular complexity index is 504. The van der Waals surface area contributed by atoms with Crippen molar-refractivity contribution in [2.45, 2.75) is 5.54 Å². The van der Waals surface area contributed by atoms with Crippen LogP contribution in [0.5, 0.6) is 0 Å². The van der Waals surface area contributed by atoms with Crippen molar-refractivity contribution in [2.75, 3.05) is 25.1 Å². The number of aliphatic hydroxyl groups is 3. The Morgan fingerprint density at radius 3 is 2.26 bits per heavy atom. The molecule has 0 radical (unpaired) electrons. The van der Waals surface area contributed by atoms with Gasteiger partial charge in [0.25, 0.3) is 0 Å². The van der Waals surface area contributed by atoms with Crippen molar-refractivity contribution >= 4 is 5.95 Å². The summed E-state index contributed by atoms with van der Waals surface area (Å²) in [7, 11) is 0. The minimum absolute atomic E-state index is 0.225.